The zero-order valence-corrected chi connectivity index (χ0v) is 15.8. The highest BCUT2D eigenvalue weighted by Crippen LogP contribution is 2.32. The van der Waals surface area contributed by atoms with Gasteiger partial charge in [-0.15, -0.1) is 0 Å². The van der Waals surface area contributed by atoms with Crippen LogP contribution < -0.4 is 5.32 Å². The van der Waals surface area contributed by atoms with Crippen molar-refractivity contribution in [3.8, 4) is 11.3 Å². The third-order valence-electron chi connectivity index (χ3n) is 5.08. The molecule has 0 aliphatic carbocycles. The predicted molar refractivity (Wildman–Crippen MR) is 110 cm³/mol. The van der Waals surface area contributed by atoms with Gasteiger partial charge in [-0.1, -0.05) is 6.07 Å². The molecule has 7 heteroatoms. The fourth-order valence-electron chi connectivity index (χ4n) is 3.76. The summed E-state index contributed by atoms with van der Waals surface area (Å²) >= 11 is 0. The van der Waals surface area contributed by atoms with Crippen LogP contribution >= 0.6 is 0 Å². The Morgan fingerprint density at radius 3 is 2.86 bits per heavy atom. The molecule has 4 aromatic rings. The molecule has 0 saturated heterocycles. The standard InChI is InChI=1S/C22H19N5O2/c1-13-3-2-4-16(24-13)11-17-9-15-10-18-20(12-19(15)25-22(28)29-17)26-27-21(18)14-5-7-23-8-6-14/h2-8,10,12,17H,9,11H2,1H3,(H,25,28)(H,26,27). The molecule has 1 unspecified atom stereocenters. The van der Waals surface area contributed by atoms with E-state index in [1.54, 1.807) is 12.4 Å². The molecule has 1 atom stereocenters. The van der Waals surface area contributed by atoms with E-state index in [1.165, 1.54) is 0 Å². The van der Waals surface area contributed by atoms with Crippen LogP contribution in [0.25, 0.3) is 22.2 Å². The molecule has 29 heavy (non-hydrogen) atoms. The van der Waals surface area contributed by atoms with Gasteiger partial charge in [-0.25, -0.2) is 4.79 Å². The molecule has 4 heterocycles. The Labute approximate surface area is 167 Å². The first kappa shape index (κ1) is 17.4. The number of ether oxygens (including phenoxy) is 1. The van der Waals surface area contributed by atoms with Crippen LogP contribution in [-0.2, 0) is 17.6 Å². The number of anilines is 1. The summed E-state index contributed by atoms with van der Waals surface area (Å²) in [5.74, 6) is 0. The molecule has 7 nitrogen and oxygen atoms in total. The first-order chi connectivity index (χ1) is 14.2. The summed E-state index contributed by atoms with van der Waals surface area (Å²) in [4.78, 5) is 20.9. The second-order valence-corrected chi connectivity index (χ2v) is 7.19. The highest BCUT2D eigenvalue weighted by Gasteiger charge is 2.24. The molecule has 1 aromatic carbocycles. The van der Waals surface area contributed by atoms with Crippen molar-refractivity contribution < 1.29 is 9.53 Å². The molecule has 5 rings (SSSR count). The third-order valence-corrected chi connectivity index (χ3v) is 5.08. The molecule has 1 aliphatic rings. The first-order valence-corrected chi connectivity index (χ1v) is 9.47. The van der Waals surface area contributed by atoms with Gasteiger partial charge >= 0.3 is 6.09 Å². The average molecular weight is 385 g/mol. The lowest BCUT2D eigenvalue weighted by molar-refractivity contribution is 0.112. The van der Waals surface area contributed by atoms with E-state index in [9.17, 15) is 4.79 Å². The zero-order valence-electron chi connectivity index (χ0n) is 15.8. The fraction of sp³-hybridized carbons (Fsp3) is 0.182. The van der Waals surface area contributed by atoms with E-state index in [-0.39, 0.29) is 6.10 Å². The van der Waals surface area contributed by atoms with Gasteiger partial charge in [0.05, 0.1) is 5.52 Å². The maximum absolute atomic E-state index is 12.3. The van der Waals surface area contributed by atoms with Crippen LogP contribution in [0, 0.1) is 6.92 Å². The minimum Gasteiger partial charge on any atom is -0.445 e. The normalized spacial score (nSPS) is 16.0. The van der Waals surface area contributed by atoms with Crippen molar-refractivity contribution in [2.45, 2.75) is 25.9 Å². The number of amides is 1. The van der Waals surface area contributed by atoms with Crippen LogP contribution in [0.1, 0.15) is 17.0 Å². The molecule has 2 N–H and O–H groups in total. The van der Waals surface area contributed by atoms with E-state index in [0.717, 1.165) is 44.8 Å². The number of aromatic nitrogens is 4. The van der Waals surface area contributed by atoms with Crippen LogP contribution in [-0.4, -0.2) is 32.4 Å². The number of rotatable bonds is 3. The number of hydrogen-bond donors (Lipinski definition) is 2. The number of carbonyl (C=O) groups is 1. The maximum Gasteiger partial charge on any atom is 0.411 e. The quantitative estimate of drug-likeness (QED) is 0.555. The number of hydrogen-bond acceptors (Lipinski definition) is 5. The number of fused-ring (bicyclic) bond motifs is 2. The number of pyridine rings is 2. The maximum atomic E-state index is 12.3. The topological polar surface area (TPSA) is 92.8 Å². The van der Waals surface area contributed by atoms with E-state index >= 15 is 0 Å². The second kappa shape index (κ2) is 7.01. The van der Waals surface area contributed by atoms with Crippen molar-refractivity contribution in [2.75, 3.05) is 5.32 Å². The Bertz CT molecular complexity index is 1200. The number of benzene rings is 1. The highest BCUT2D eigenvalue weighted by molar-refractivity contribution is 5.98. The van der Waals surface area contributed by atoms with Crippen molar-refractivity contribution in [3.05, 3.63) is 71.8 Å². The minimum atomic E-state index is -0.449. The summed E-state index contributed by atoms with van der Waals surface area (Å²) in [6.07, 6.45) is 3.92. The summed E-state index contributed by atoms with van der Waals surface area (Å²) in [7, 11) is 0. The van der Waals surface area contributed by atoms with Crippen molar-refractivity contribution in [2.24, 2.45) is 0 Å². The summed E-state index contributed by atoms with van der Waals surface area (Å²) in [6.45, 7) is 1.95. The average Bonchev–Trinajstić information content (AvgIpc) is 3.04. The van der Waals surface area contributed by atoms with Gasteiger partial charge < -0.3 is 4.74 Å². The summed E-state index contributed by atoms with van der Waals surface area (Å²) in [5.41, 5.74) is 6.31. The molecule has 0 radical (unpaired) electrons. The number of carbonyl (C=O) groups excluding carboxylic acids is 1. The Kier molecular flexibility index (Phi) is 4.20. The van der Waals surface area contributed by atoms with E-state index < -0.39 is 6.09 Å². The molecular weight excluding hydrogens is 366 g/mol. The third kappa shape index (κ3) is 3.42. The zero-order chi connectivity index (χ0) is 19.8. The number of aryl methyl sites for hydroxylation is 1. The lowest BCUT2D eigenvalue weighted by Crippen LogP contribution is -2.23. The monoisotopic (exact) mass is 385 g/mol. The van der Waals surface area contributed by atoms with Crippen molar-refractivity contribution in [1.29, 1.82) is 0 Å². The van der Waals surface area contributed by atoms with Gasteiger partial charge in [0.25, 0.3) is 0 Å². The Morgan fingerprint density at radius 1 is 1.17 bits per heavy atom. The largest absolute Gasteiger partial charge is 0.445 e. The molecule has 144 valence electrons. The number of nitrogens with zero attached hydrogens (tertiary/aromatic N) is 3. The molecule has 0 spiro atoms. The van der Waals surface area contributed by atoms with Crippen LogP contribution in [0.3, 0.4) is 0 Å². The number of H-pyrrole nitrogens is 1. The lowest BCUT2D eigenvalue weighted by atomic mass is 9.99. The molecule has 3 aromatic heterocycles. The molecule has 0 bridgehead atoms. The van der Waals surface area contributed by atoms with Crippen molar-refractivity contribution >= 4 is 22.7 Å². The van der Waals surface area contributed by atoms with Gasteiger partial charge in [0.15, 0.2) is 0 Å². The van der Waals surface area contributed by atoms with Gasteiger partial charge in [-0.2, -0.15) is 5.10 Å². The van der Waals surface area contributed by atoms with Crippen LogP contribution in [0.2, 0.25) is 0 Å². The van der Waals surface area contributed by atoms with Gasteiger partial charge in [0.1, 0.15) is 11.8 Å². The van der Waals surface area contributed by atoms with Crippen LogP contribution in [0.15, 0.2) is 54.9 Å². The van der Waals surface area contributed by atoms with Gasteiger partial charge in [0, 0.05) is 53.3 Å². The summed E-state index contributed by atoms with van der Waals surface area (Å²) in [6, 6.07) is 13.7. The van der Waals surface area contributed by atoms with Gasteiger partial charge in [-0.3, -0.25) is 20.4 Å². The number of cyclic esters (lactones) is 1. The highest BCUT2D eigenvalue weighted by atomic mass is 16.6. The van der Waals surface area contributed by atoms with Gasteiger partial charge in [-0.05, 0) is 48.9 Å². The first-order valence-electron chi connectivity index (χ1n) is 9.47. The Morgan fingerprint density at radius 2 is 2.03 bits per heavy atom. The summed E-state index contributed by atoms with van der Waals surface area (Å²) < 4.78 is 5.63. The van der Waals surface area contributed by atoms with Crippen molar-refractivity contribution in [1.82, 2.24) is 20.2 Å². The Balaban J connectivity index is 1.52. The number of aromatic amines is 1. The minimum absolute atomic E-state index is 0.292. The SMILES string of the molecule is Cc1cccc(CC2Cc3cc4c(-c5ccncc5)n[nH]c4cc3NC(=O)O2)n1. The van der Waals surface area contributed by atoms with E-state index in [4.69, 9.17) is 4.74 Å². The number of nitrogens with one attached hydrogen (secondary N) is 2. The van der Waals surface area contributed by atoms with E-state index in [1.807, 2.05) is 43.3 Å². The fourth-order valence-corrected chi connectivity index (χ4v) is 3.76. The lowest BCUT2D eigenvalue weighted by Gasteiger charge is -2.14. The van der Waals surface area contributed by atoms with E-state index in [2.05, 4.69) is 31.5 Å². The van der Waals surface area contributed by atoms with Gasteiger partial charge in [0.2, 0.25) is 0 Å². The van der Waals surface area contributed by atoms with Crippen molar-refractivity contribution in [3.63, 3.8) is 0 Å². The molecule has 0 saturated carbocycles. The molecule has 1 amide bonds. The van der Waals surface area contributed by atoms with Crippen LogP contribution in [0.5, 0.6) is 0 Å². The molecule has 1 aliphatic heterocycles. The molecular formula is C22H19N5O2. The smallest absolute Gasteiger partial charge is 0.411 e. The predicted octanol–water partition coefficient (Wildman–Crippen LogP) is 4.04. The molecule has 0 fully saturated rings. The Hall–Kier alpha value is -3.74. The van der Waals surface area contributed by atoms with E-state index in [0.29, 0.717) is 12.8 Å². The van der Waals surface area contributed by atoms with Crippen LogP contribution in [0.4, 0.5) is 10.5 Å². The second-order valence-electron chi connectivity index (χ2n) is 7.19. The summed E-state index contributed by atoms with van der Waals surface area (Å²) in [5, 5.41) is 11.4.